The molecule has 0 aromatic carbocycles. The Kier molecular flexibility index (Phi) is 13.6. The lowest BCUT2D eigenvalue weighted by molar-refractivity contribution is -0.248. The number of carbonyl (C=O) groups excluding carboxylic acids is 2. The fraction of sp³-hybridized carbons (Fsp3) is 0.900. The molecule has 14 atom stereocenters. The van der Waals surface area contributed by atoms with Crippen LogP contribution >= 0.6 is 0 Å². The maximum atomic E-state index is 13.7. The van der Waals surface area contributed by atoms with E-state index in [9.17, 15) is 27.9 Å². The van der Waals surface area contributed by atoms with Crippen molar-refractivity contribution in [3.8, 4) is 0 Å². The zero-order valence-electron chi connectivity index (χ0n) is 40.4. The Morgan fingerprint density at radius 3 is 2.17 bits per heavy atom. The molecule has 1 saturated heterocycles. The van der Waals surface area contributed by atoms with E-state index in [1.807, 2.05) is 20.8 Å². The zero-order valence-corrected chi connectivity index (χ0v) is 41.2. The maximum Gasteiger partial charge on any atom is 0.332 e. The van der Waals surface area contributed by atoms with Crippen molar-refractivity contribution in [3.05, 3.63) is 12.2 Å². The Labute approximate surface area is 379 Å². The van der Waals surface area contributed by atoms with E-state index in [1.54, 1.807) is 7.11 Å². The van der Waals surface area contributed by atoms with Gasteiger partial charge in [0.25, 0.3) is 0 Å². The first-order valence-electron chi connectivity index (χ1n) is 24.4. The average molecular weight is 903 g/mol. The molecule has 0 aromatic rings. The van der Waals surface area contributed by atoms with Gasteiger partial charge in [-0.3, -0.25) is 14.5 Å². The van der Waals surface area contributed by atoms with Gasteiger partial charge in [0.15, 0.2) is 9.84 Å². The third-order valence-corrected chi connectivity index (χ3v) is 21.7. The monoisotopic (exact) mass is 903 g/mol. The number of allylic oxidation sites excluding steroid dienone is 1. The van der Waals surface area contributed by atoms with Crippen molar-refractivity contribution in [3.63, 3.8) is 0 Å². The summed E-state index contributed by atoms with van der Waals surface area (Å²) in [6.45, 7) is 27.0. The van der Waals surface area contributed by atoms with Crippen molar-refractivity contribution in [1.82, 2.24) is 10.2 Å². The molecule has 0 bridgehead atoms. The second kappa shape index (κ2) is 17.5. The van der Waals surface area contributed by atoms with Crippen LogP contribution in [0.5, 0.6) is 0 Å². The lowest BCUT2D eigenvalue weighted by Gasteiger charge is -2.73. The van der Waals surface area contributed by atoms with Crippen LogP contribution in [-0.2, 0) is 43.2 Å². The Balaban J connectivity index is 1.09. The van der Waals surface area contributed by atoms with Gasteiger partial charge in [0.2, 0.25) is 0 Å². The van der Waals surface area contributed by atoms with E-state index < -0.39 is 39.2 Å². The second-order valence-corrected chi connectivity index (χ2v) is 25.8. The molecule has 1 aliphatic heterocycles. The number of methoxy groups -OCH3 is 1. The molecule has 358 valence electrons. The van der Waals surface area contributed by atoms with Gasteiger partial charge in [0.05, 0.1) is 42.6 Å². The van der Waals surface area contributed by atoms with E-state index in [0.717, 1.165) is 51.4 Å². The summed E-state index contributed by atoms with van der Waals surface area (Å²) < 4.78 is 48.1. The average Bonchev–Trinajstić information content (AvgIpc) is 3.58. The molecular weight excluding hydrogens is 821 g/mol. The molecule has 6 saturated carbocycles. The number of carboxylic acids is 1. The van der Waals surface area contributed by atoms with E-state index in [2.05, 4.69) is 58.3 Å². The predicted molar refractivity (Wildman–Crippen MR) is 242 cm³/mol. The standard InChI is InChI=1S/C50H82N2O10S/c1-31(2)33-14-19-50(51-29-37(52-22-26-63(57,58)27-23-52)32(3)61-41(53)30-60-25-24-59-11)21-20-48(9)34(42(33)50)12-13-39-47(8)17-16-40(46(6,7)38(47)15-18-49(39,48)10)62-44(56)36-28-35(43(54)55)45(36,4)5/h32-40,42,51H,1,12-30H2,2-11H3,(H,54,55)/t32-,33+,34-,35+,36-,37?,38+,39-,40+,42-,47+,48-,49-,50+/m1/s1. The largest absolute Gasteiger partial charge is 0.481 e. The Morgan fingerprint density at radius 2 is 1.54 bits per heavy atom. The van der Waals surface area contributed by atoms with Crippen LogP contribution in [0.2, 0.25) is 0 Å². The van der Waals surface area contributed by atoms with Gasteiger partial charge in [-0.05, 0) is 136 Å². The quantitative estimate of drug-likeness (QED) is 0.0960. The van der Waals surface area contributed by atoms with E-state index in [4.69, 9.17) is 18.9 Å². The Morgan fingerprint density at radius 1 is 0.841 bits per heavy atom. The summed E-state index contributed by atoms with van der Waals surface area (Å²) in [5, 5.41) is 13.9. The number of nitrogens with zero attached hydrogens (tertiary/aromatic N) is 1. The predicted octanol–water partition coefficient (Wildman–Crippen LogP) is 7.34. The lowest BCUT2D eigenvalue weighted by Crippen LogP contribution is -2.69. The van der Waals surface area contributed by atoms with Crippen LogP contribution in [0.4, 0.5) is 0 Å². The number of carboxylic acid groups (broad SMARTS) is 1. The topological polar surface area (TPSA) is 158 Å². The molecule has 2 N–H and O–H groups in total. The molecule has 12 nitrogen and oxygen atoms in total. The number of sulfone groups is 1. The van der Waals surface area contributed by atoms with Crippen LogP contribution < -0.4 is 5.32 Å². The van der Waals surface area contributed by atoms with Crippen LogP contribution in [0.25, 0.3) is 0 Å². The molecule has 7 aliphatic rings. The third kappa shape index (κ3) is 8.38. The maximum absolute atomic E-state index is 13.7. The van der Waals surface area contributed by atoms with Gasteiger partial charge < -0.3 is 29.4 Å². The van der Waals surface area contributed by atoms with Gasteiger partial charge in [-0.2, -0.15) is 0 Å². The first-order valence-corrected chi connectivity index (χ1v) is 26.2. The number of aliphatic carboxylic acids is 1. The summed E-state index contributed by atoms with van der Waals surface area (Å²) in [6, 6.07) is -0.196. The number of fused-ring (bicyclic) bond motifs is 7. The molecular formula is C50H82N2O10S. The highest BCUT2D eigenvalue weighted by atomic mass is 32.2. The van der Waals surface area contributed by atoms with E-state index >= 15 is 0 Å². The molecule has 1 unspecified atom stereocenters. The highest BCUT2D eigenvalue weighted by molar-refractivity contribution is 7.91. The smallest absolute Gasteiger partial charge is 0.332 e. The highest BCUT2D eigenvalue weighted by Gasteiger charge is 2.71. The molecule has 0 radical (unpaired) electrons. The fourth-order valence-corrected chi connectivity index (χ4v) is 17.4. The van der Waals surface area contributed by atoms with Gasteiger partial charge in [0, 0.05) is 37.7 Å². The minimum Gasteiger partial charge on any atom is -0.481 e. The molecule has 0 aromatic heterocycles. The molecule has 0 amide bonds. The van der Waals surface area contributed by atoms with Crippen LogP contribution in [0.1, 0.15) is 133 Å². The lowest BCUT2D eigenvalue weighted by atomic mass is 9.32. The van der Waals surface area contributed by atoms with Gasteiger partial charge in [-0.15, -0.1) is 0 Å². The number of ether oxygens (including phenoxy) is 4. The molecule has 7 fully saturated rings. The minimum absolute atomic E-state index is 0.102. The van der Waals surface area contributed by atoms with Gasteiger partial charge in [-0.25, -0.2) is 13.2 Å². The summed E-state index contributed by atoms with van der Waals surface area (Å²) >= 11 is 0. The first-order chi connectivity index (χ1) is 29.4. The van der Waals surface area contributed by atoms with Crippen LogP contribution in [-0.4, -0.2) is 118 Å². The Hall–Kier alpha value is -2.06. The molecule has 0 spiro atoms. The van der Waals surface area contributed by atoms with Crippen molar-refractivity contribution >= 4 is 27.7 Å². The third-order valence-electron chi connectivity index (χ3n) is 20.1. The van der Waals surface area contributed by atoms with Gasteiger partial charge in [0.1, 0.15) is 18.8 Å². The van der Waals surface area contributed by atoms with Crippen molar-refractivity contribution in [2.75, 3.05) is 58.1 Å². The molecule has 6 aliphatic carbocycles. The minimum atomic E-state index is -3.10. The van der Waals surface area contributed by atoms with Gasteiger partial charge >= 0.3 is 17.9 Å². The van der Waals surface area contributed by atoms with E-state index in [-0.39, 0.29) is 69.3 Å². The highest BCUT2D eigenvalue weighted by Crippen LogP contribution is 2.76. The molecule has 13 heteroatoms. The van der Waals surface area contributed by atoms with Gasteiger partial charge in [-0.1, -0.05) is 60.6 Å². The summed E-state index contributed by atoms with van der Waals surface area (Å²) in [6.07, 6.45) is 10.5. The summed E-state index contributed by atoms with van der Waals surface area (Å²) in [5.41, 5.74) is 0.699. The van der Waals surface area contributed by atoms with Crippen molar-refractivity contribution < 1.29 is 46.9 Å². The summed E-state index contributed by atoms with van der Waals surface area (Å²) in [4.78, 5) is 40.7. The molecule has 1 heterocycles. The summed E-state index contributed by atoms with van der Waals surface area (Å²) in [7, 11) is -1.51. The number of hydrogen-bond acceptors (Lipinski definition) is 11. The fourth-order valence-electron chi connectivity index (χ4n) is 16.2. The molecule has 63 heavy (non-hydrogen) atoms. The first kappa shape index (κ1) is 48.9. The molecule has 7 rings (SSSR count). The van der Waals surface area contributed by atoms with Crippen molar-refractivity contribution in [2.45, 2.75) is 157 Å². The van der Waals surface area contributed by atoms with E-state index in [0.29, 0.717) is 68.9 Å². The Bertz CT molecular complexity index is 1850. The van der Waals surface area contributed by atoms with E-state index in [1.165, 1.54) is 18.4 Å². The van der Waals surface area contributed by atoms with Crippen molar-refractivity contribution in [2.24, 2.45) is 68.5 Å². The van der Waals surface area contributed by atoms with Crippen molar-refractivity contribution in [1.29, 1.82) is 0 Å². The number of nitrogens with one attached hydrogen (secondary N) is 1. The van der Waals surface area contributed by atoms with Crippen LogP contribution in [0, 0.1) is 68.5 Å². The van der Waals surface area contributed by atoms with Crippen LogP contribution in [0.3, 0.4) is 0 Å². The summed E-state index contributed by atoms with van der Waals surface area (Å²) in [5.74, 6) is 0.105. The number of hydrogen-bond donors (Lipinski definition) is 2. The number of rotatable bonds is 15. The van der Waals surface area contributed by atoms with Crippen LogP contribution in [0.15, 0.2) is 12.2 Å². The SMILES string of the molecule is C=C(C)[C@@H]1CC[C@]2(NCC([C@@H](C)OC(=O)COCCOC)N3CCS(=O)(=O)CC3)CC[C@]3(C)[C@H](CC[C@@H]4[C@@]5(C)CC[C@H](OC(=O)[C@H]6C[C@@H](C(=O)O)C6(C)C)C(C)(C)[C@@H]5CC[C@]43C)[C@@H]12. The second-order valence-electron chi connectivity index (χ2n) is 23.5. The normalized spacial score (nSPS) is 42.2. The number of esters is 2. The zero-order chi connectivity index (χ0) is 46.1. The number of carbonyl (C=O) groups is 3.